The summed E-state index contributed by atoms with van der Waals surface area (Å²) < 4.78 is 11.1. The van der Waals surface area contributed by atoms with Gasteiger partial charge in [0.2, 0.25) is 0 Å². The lowest BCUT2D eigenvalue weighted by Crippen LogP contribution is -2.22. The molecule has 0 aliphatic rings. The Morgan fingerprint density at radius 2 is 2.05 bits per heavy atom. The van der Waals surface area contributed by atoms with Crippen molar-refractivity contribution in [3.8, 4) is 5.75 Å². The molecule has 0 amide bonds. The van der Waals surface area contributed by atoms with Gasteiger partial charge in [-0.25, -0.2) is 4.79 Å². The minimum absolute atomic E-state index is 0.171. The Kier molecular flexibility index (Phi) is 5.57. The third kappa shape index (κ3) is 7.26. The van der Waals surface area contributed by atoms with Crippen LogP contribution in [0.2, 0.25) is 0 Å². The second kappa shape index (κ2) is 6.95. The summed E-state index contributed by atoms with van der Waals surface area (Å²) >= 11 is 0. The van der Waals surface area contributed by atoms with E-state index in [0.29, 0.717) is 19.0 Å². The summed E-state index contributed by atoms with van der Waals surface area (Å²) in [5, 5.41) is 8.56. The molecule has 0 aromatic heterocycles. The monoisotopic (exact) mass is 264 g/mol. The molecule has 1 N–H and O–H groups in total. The molecule has 0 saturated carbocycles. The Morgan fingerprint density at radius 3 is 2.68 bits per heavy atom. The second-order valence-electron chi connectivity index (χ2n) is 5.05. The smallest absolute Gasteiger partial charge is 0.328 e. The zero-order chi connectivity index (χ0) is 14.3. The fourth-order valence-corrected chi connectivity index (χ4v) is 1.38. The first-order valence-electron chi connectivity index (χ1n) is 6.15. The van der Waals surface area contributed by atoms with E-state index >= 15 is 0 Å². The van der Waals surface area contributed by atoms with Crippen LogP contribution in [0.25, 0.3) is 6.08 Å². The number of carboxylic acid groups (broad SMARTS) is 1. The summed E-state index contributed by atoms with van der Waals surface area (Å²) in [5.41, 5.74) is 0.617. The molecule has 0 atom stereocenters. The van der Waals surface area contributed by atoms with E-state index in [4.69, 9.17) is 14.6 Å². The number of ether oxygens (including phenoxy) is 2. The first kappa shape index (κ1) is 15.2. The molecule has 4 nitrogen and oxygen atoms in total. The topological polar surface area (TPSA) is 55.8 Å². The Morgan fingerprint density at radius 1 is 1.32 bits per heavy atom. The number of hydrogen-bond donors (Lipinski definition) is 1. The lowest BCUT2D eigenvalue weighted by atomic mass is 10.2. The van der Waals surface area contributed by atoms with Crippen molar-refractivity contribution < 1.29 is 19.4 Å². The zero-order valence-electron chi connectivity index (χ0n) is 11.6. The first-order chi connectivity index (χ1) is 8.87. The number of benzene rings is 1. The van der Waals surface area contributed by atoms with Gasteiger partial charge in [0.05, 0.1) is 12.2 Å². The molecule has 1 rings (SSSR count). The summed E-state index contributed by atoms with van der Waals surface area (Å²) in [7, 11) is 0. The molecule has 0 bridgehead atoms. The molecule has 0 fully saturated rings. The highest BCUT2D eigenvalue weighted by Gasteiger charge is 2.09. The van der Waals surface area contributed by atoms with E-state index in [0.717, 1.165) is 11.6 Å². The fourth-order valence-electron chi connectivity index (χ4n) is 1.38. The number of rotatable bonds is 6. The lowest BCUT2D eigenvalue weighted by molar-refractivity contribution is -0.131. The largest absolute Gasteiger partial charge is 0.491 e. The van der Waals surface area contributed by atoms with Crippen LogP contribution in [0.3, 0.4) is 0 Å². The molecule has 0 saturated heterocycles. The van der Waals surface area contributed by atoms with Gasteiger partial charge in [-0.05, 0) is 44.5 Å². The number of carboxylic acids is 1. The molecule has 104 valence electrons. The third-order valence-corrected chi connectivity index (χ3v) is 2.16. The Balaban J connectivity index is 2.46. The molecule has 0 aliphatic heterocycles. The minimum atomic E-state index is -0.968. The van der Waals surface area contributed by atoms with Crippen LogP contribution in [-0.2, 0) is 9.53 Å². The number of aliphatic carboxylic acids is 1. The molecule has 0 unspecified atom stereocenters. The van der Waals surface area contributed by atoms with Gasteiger partial charge in [0.15, 0.2) is 0 Å². The summed E-state index contributed by atoms with van der Waals surface area (Å²) in [5.74, 6) is -0.269. The van der Waals surface area contributed by atoms with E-state index in [-0.39, 0.29) is 5.60 Å². The van der Waals surface area contributed by atoms with Crippen LogP contribution in [0.4, 0.5) is 0 Å². The zero-order valence-corrected chi connectivity index (χ0v) is 11.6. The molecule has 0 heterocycles. The summed E-state index contributed by atoms with van der Waals surface area (Å²) in [4.78, 5) is 10.4. The van der Waals surface area contributed by atoms with Crippen molar-refractivity contribution in [1.82, 2.24) is 0 Å². The van der Waals surface area contributed by atoms with Crippen LogP contribution in [0.1, 0.15) is 26.3 Å². The van der Waals surface area contributed by atoms with Gasteiger partial charge in [0.25, 0.3) is 0 Å². The van der Waals surface area contributed by atoms with E-state index < -0.39 is 5.97 Å². The van der Waals surface area contributed by atoms with Gasteiger partial charge in [-0.3, -0.25) is 0 Å². The molecule has 0 spiro atoms. The maximum Gasteiger partial charge on any atom is 0.328 e. The molecule has 19 heavy (non-hydrogen) atoms. The van der Waals surface area contributed by atoms with E-state index in [1.807, 2.05) is 39.0 Å². The van der Waals surface area contributed by atoms with Crippen molar-refractivity contribution in [2.24, 2.45) is 0 Å². The van der Waals surface area contributed by atoms with Crippen LogP contribution >= 0.6 is 0 Å². The normalized spacial score (nSPS) is 11.7. The molecular formula is C15H20O4. The van der Waals surface area contributed by atoms with Gasteiger partial charge in [0, 0.05) is 6.08 Å². The van der Waals surface area contributed by atoms with Gasteiger partial charge in [0.1, 0.15) is 12.4 Å². The maximum absolute atomic E-state index is 10.4. The Labute approximate surface area is 113 Å². The van der Waals surface area contributed by atoms with Crippen molar-refractivity contribution in [3.05, 3.63) is 35.9 Å². The van der Waals surface area contributed by atoms with E-state index in [9.17, 15) is 4.79 Å². The SMILES string of the molecule is CC(C)(C)OCCOc1cccc(/C=C/C(=O)O)c1. The van der Waals surface area contributed by atoms with Gasteiger partial charge in [-0.2, -0.15) is 0 Å². The van der Waals surface area contributed by atoms with Crippen molar-refractivity contribution in [2.75, 3.05) is 13.2 Å². The average Bonchev–Trinajstić information content (AvgIpc) is 2.32. The number of hydrogen-bond acceptors (Lipinski definition) is 3. The van der Waals surface area contributed by atoms with Gasteiger partial charge in [-0.15, -0.1) is 0 Å². The van der Waals surface area contributed by atoms with Crippen LogP contribution in [0, 0.1) is 0 Å². The fraction of sp³-hybridized carbons (Fsp3) is 0.400. The first-order valence-corrected chi connectivity index (χ1v) is 6.15. The predicted octanol–water partition coefficient (Wildman–Crippen LogP) is 2.98. The van der Waals surface area contributed by atoms with Crippen molar-refractivity contribution in [2.45, 2.75) is 26.4 Å². The quantitative estimate of drug-likeness (QED) is 0.634. The van der Waals surface area contributed by atoms with E-state index in [1.165, 1.54) is 6.08 Å². The van der Waals surface area contributed by atoms with Gasteiger partial charge < -0.3 is 14.6 Å². The minimum Gasteiger partial charge on any atom is -0.491 e. The maximum atomic E-state index is 10.4. The van der Waals surface area contributed by atoms with Crippen LogP contribution in [0.5, 0.6) is 5.75 Å². The summed E-state index contributed by atoms with van der Waals surface area (Å²) in [6.07, 6.45) is 2.63. The Bertz CT molecular complexity index is 444. The molecule has 0 aliphatic carbocycles. The second-order valence-corrected chi connectivity index (χ2v) is 5.05. The van der Waals surface area contributed by atoms with Crippen LogP contribution < -0.4 is 4.74 Å². The van der Waals surface area contributed by atoms with E-state index in [1.54, 1.807) is 6.07 Å². The van der Waals surface area contributed by atoms with E-state index in [2.05, 4.69) is 0 Å². The summed E-state index contributed by atoms with van der Waals surface area (Å²) in [6.45, 7) is 6.95. The molecular weight excluding hydrogens is 244 g/mol. The van der Waals surface area contributed by atoms with Gasteiger partial charge >= 0.3 is 5.97 Å². The van der Waals surface area contributed by atoms with Crippen molar-refractivity contribution in [3.63, 3.8) is 0 Å². The standard InChI is InChI=1S/C15H20O4/c1-15(2,3)19-10-9-18-13-6-4-5-12(11-13)7-8-14(16)17/h4-8,11H,9-10H2,1-3H3,(H,16,17)/b8-7+. The van der Waals surface area contributed by atoms with Crippen molar-refractivity contribution in [1.29, 1.82) is 0 Å². The highest BCUT2D eigenvalue weighted by molar-refractivity contribution is 5.85. The van der Waals surface area contributed by atoms with Crippen molar-refractivity contribution >= 4 is 12.0 Å². The summed E-state index contributed by atoms with van der Waals surface area (Å²) in [6, 6.07) is 7.26. The molecule has 0 radical (unpaired) electrons. The third-order valence-electron chi connectivity index (χ3n) is 2.16. The molecule has 1 aromatic rings. The average molecular weight is 264 g/mol. The number of carbonyl (C=O) groups is 1. The van der Waals surface area contributed by atoms with Gasteiger partial charge in [-0.1, -0.05) is 12.1 Å². The highest BCUT2D eigenvalue weighted by Crippen LogP contribution is 2.15. The highest BCUT2D eigenvalue weighted by atomic mass is 16.5. The Hall–Kier alpha value is -1.81. The van der Waals surface area contributed by atoms with Crippen LogP contribution in [-0.4, -0.2) is 29.9 Å². The van der Waals surface area contributed by atoms with Crippen LogP contribution in [0.15, 0.2) is 30.3 Å². The molecule has 1 aromatic carbocycles. The lowest BCUT2D eigenvalue weighted by Gasteiger charge is -2.19. The molecule has 4 heteroatoms. The predicted molar refractivity (Wildman–Crippen MR) is 74.3 cm³/mol.